The van der Waals surface area contributed by atoms with Gasteiger partial charge in [-0.1, -0.05) is 22.0 Å². The summed E-state index contributed by atoms with van der Waals surface area (Å²) < 4.78 is 27.7. The highest BCUT2D eigenvalue weighted by atomic mass is 79.9. The highest BCUT2D eigenvalue weighted by Gasteiger charge is 2.13. The first-order valence-corrected chi connectivity index (χ1v) is 6.72. The molecule has 1 nitrogen and oxygen atoms in total. The summed E-state index contributed by atoms with van der Waals surface area (Å²) in [7, 11) is 0. The highest BCUT2D eigenvalue weighted by molar-refractivity contribution is 9.10. The van der Waals surface area contributed by atoms with Gasteiger partial charge in [0, 0.05) is 10.5 Å². The topological polar surface area (TPSA) is 26.0 Å². The van der Waals surface area contributed by atoms with E-state index in [1.165, 1.54) is 18.2 Å². The average molecular weight is 326 g/mol. The molecule has 19 heavy (non-hydrogen) atoms. The molecule has 0 aliphatic rings. The third-order valence-corrected chi connectivity index (χ3v) is 3.58. The third kappa shape index (κ3) is 3.39. The van der Waals surface area contributed by atoms with Crippen LogP contribution >= 0.6 is 15.9 Å². The Bertz CT molecular complexity index is 599. The van der Waals surface area contributed by atoms with Crippen molar-refractivity contribution in [3.63, 3.8) is 0 Å². The van der Waals surface area contributed by atoms with Gasteiger partial charge in [-0.3, -0.25) is 0 Å². The second-order valence-electron chi connectivity index (χ2n) is 4.55. The minimum absolute atomic E-state index is 0.298. The molecule has 2 rings (SSSR count). The van der Waals surface area contributed by atoms with Crippen LogP contribution in [-0.4, -0.2) is 0 Å². The summed E-state index contributed by atoms with van der Waals surface area (Å²) in [5, 5.41) is 0. The molecule has 0 spiro atoms. The molecular formula is C15H14BrF2N. The van der Waals surface area contributed by atoms with Crippen LogP contribution in [0.3, 0.4) is 0 Å². The van der Waals surface area contributed by atoms with Crippen molar-refractivity contribution in [3.05, 3.63) is 69.2 Å². The Morgan fingerprint density at radius 3 is 2.63 bits per heavy atom. The van der Waals surface area contributed by atoms with Crippen LogP contribution in [0.15, 0.2) is 40.9 Å². The van der Waals surface area contributed by atoms with Crippen LogP contribution in [0.2, 0.25) is 0 Å². The second-order valence-corrected chi connectivity index (χ2v) is 5.46. The largest absolute Gasteiger partial charge is 0.324 e. The standard InChI is InChI=1S/C15H14BrF2N/c1-9-2-4-12(17)8-13(9)15(19)7-10-6-11(16)3-5-14(10)18/h2-6,8,15H,7,19H2,1H3. The van der Waals surface area contributed by atoms with E-state index < -0.39 is 6.04 Å². The quantitative estimate of drug-likeness (QED) is 0.895. The Kier molecular flexibility index (Phi) is 4.32. The van der Waals surface area contributed by atoms with Crippen LogP contribution in [0, 0.1) is 18.6 Å². The van der Waals surface area contributed by atoms with Gasteiger partial charge in [0.2, 0.25) is 0 Å². The van der Waals surface area contributed by atoms with Crippen molar-refractivity contribution in [2.45, 2.75) is 19.4 Å². The van der Waals surface area contributed by atoms with Gasteiger partial charge < -0.3 is 5.73 Å². The van der Waals surface area contributed by atoms with Crippen molar-refractivity contribution in [2.75, 3.05) is 0 Å². The predicted octanol–water partition coefficient (Wildman–Crippen LogP) is 4.28. The molecular weight excluding hydrogens is 312 g/mol. The Balaban J connectivity index is 2.27. The SMILES string of the molecule is Cc1ccc(F)cc1C(N)Cc1cc(Br)ccc1F. The minimum Gasteiger partial charge on any atom is -0.324 e. The maximum Gasteiger partial charge on any atom is 0.126 e. The van der Waals surface area contributed by atoms with Gasteiger partial charge >= 0.3 is 0 Å². The van der Waals surface area contributed by atoms with Crippen LogP contribution in [-0.2, 0) is 6.42 Å². The Hall–Kier alpha value is -1.26. The molecule has 0 radical (unpaired) electrons. The lowest BCUT2D eigenvalue weighted by Crippen LogP contribution is -2.15. The van der Waals surface area contributed by atoms with Gasteiger partial charge in [0.15, 0.2) is 0 Å². The molecule has 4 heteroatoms. The summed E-state index contributed by atoms with van der Waals surface area (Å²) in [4.78, 5) is 0. The van der Waals surface area contributed by atoms with E-state index in [9.17, 15) is 8.78 Å². The highest BCUT2D eigenvalue weighted by Crippen LogP contribution is 2.24. The second kappa shape index (κ2) is 5.80. The molecule has 0 aliphatic carbocycles. The van der Waals surface area contributed by atoms with Crippen molar-refractivity contribution in [3.8, 4) is 0 Å². The maximum absolute atomic E-state index is 13.7. The van der Waals surface area contributed by atoms with Crippen molar-refractivity contribution in [1.29, 1.82) is 0 Å². The number of hydrogen-bond donors (Lipinski definition) is 1. The zero-order chi connectivity index (χ0) is 14.0. The van der Waals surface area contributed by atoms with Crippen LogP contribution in [0.25, 0.3) is 0 Å². The van der Waals surface area contributed by atoms with Crippen LogP contribution in [0.1, 0.15) is 22.7 Å². The van der Waals surface area contributed by atoms with Gasteiger partial charge in [-0.15, -0.1) is 0 Å². The lowest BCUT2D eigenvalue weighted by atomic mass is 9.96. The molecule has 0 heterocycles. The number of nitrogens with two attached hydrogens (primary N) is 1. The van der Waals surface area contributed by atoms with E-state index in [2.05, 4.69) is 15.9 Å². The summed E-state index contributed by atoms with van der Waals surface area (Å²) in [5.74, 6) is -0.626. The number of aryl methyl sites for hydroxylation is 1. The number of rotatable bonds is 3. The molecule has 0 bridgehead atoms. The van der Waals surface area contributed by atoms with Crippen LogP contribution in [0.5, 0.6) is 0 Å². The molecule has 0 aromatic heterocycles. The van der Waals surface area contributed by atoms with Crippen molar-refractivity contribution < 1.29 is 8.78 Å². The third-order valence-electron chi connectivity index (χ3n) is 3.09. The zero-order valence-electron chi connectivity index (χ0n) is 10.5. The summed E-state index contributed by atoms with van der Waals surface area (Å²) in [6.45, 7) is 1.87. The van der Waals surface area contributed by atoms with E-state index >= 15 is 0 Å². The van der Waals surface area contributed by atoms with Crippen molar-refractivity contribution in [2.24, 2.45) is 5.73 Å². The zero-order valence-corrected chi connectivity index (χ0v) is 12.0. The van der Waals surface area contributed by atoms with Gasteiger partial charge in [-0.05, 0) is 60.4 Å². The molecule has 0 fully saturated rings. The summed E-state index contributed by atoms with van der Waals surface area (Å²) in [6.07, 6.45) is 0.329. The van der Waals surface area contributed by atoms with Gasteiger partial charge in [-0.2, -0.15) is 0 Å². The van der Waals surface area contributed by atoms with Gasteiger partial charge in [0.05, 0.1) is 0 Å². The first-order valence-electron chi connectivity index (χ1n) is 5.93. The molecule has 0 aliphatic heterocycles. The number of halogens is 3. The van der Waals surface area contributed by atoms with Crippen molar-refractivity contribution in [1.82, 2.24) is 0 Å². The molecule has 1 atom stereocenters. The van der Waals surface area contributed by atoms with Gasteiger partial charge in [0.25, 0.3) is 0 Å². The van der Waals surface area contributed by atoms with Crippen molar-refractivity contribution >= 4 is 15.9 Å². The van der Waals surface area contributed by atoms with E-state index in [4.69, 9.17) is 5.73 Å². The normalized spacial score (nSPS) is 12.5. The Morgan fingerprint density at radius 2 is 1.89 bits per heavy atom. The smallest absolute Gasteiger partial charge is 0.126 e. The molecule has 0 amide bonds. The number of benzene rings is 2. The van der Waals surface area contributed by atoms with E-state index in [-0.39, 0.29) is 11.6 Å². The Labute approximate surface area is 119 Å². The predicted molar refractivity (Wildman–Crippen MR) is 75.9 cm³/mol. The summed E-state index contributed by atoms with van der Waals surface area (Å²) >= 11 is 3.30. The summed E-state index contributed by atoms with van der Waals surface area (Å²) in [6, 6.07) is 8.79. The molecule has 0 saturated carbocycles. The Morgan fingerprint density at radius 1 is 1.16 bits per heavy atom. The van der Waals surface area contributed by atoms with E-state index in [1.807, 2.05) is 6.92 Å². The van der Waals surface area contributed by atoms with Gasteiger partial charge in [-0.25, -0.2) is 8.78 Å². The molecule has 1 unspecified atom stereocenters. The monoisotopic (exact) mass is 325 g/mol. The fourth-order valence-corrected chi connectivity index (χ4v) is 2.47. The molecule has 0 saturated heterocycles. The first-order chi connectivity index (χ1) is 8.97. The fraction of sp³-hybridized carbons (Fsp3) is 0.200. The molecule has 2 N–H and O–H groups in total. The lowest BCUT2D eigenvalue weighted by Gasteiger charge is -2.15. The molecule has 100 valence electrons. The molecule has 2 aromatic carbocycles. The maximum atomic E-state index is 13.7. The lowest BCUT2D eigenvalue weighted by molar-refractivity contribution is 0.588. The van der Waals surface area contributed by atoms with Gasteiger partial charge in [0.1, 0.15) is 11.6 Å². The van der Waals surface area contributed by atoms with Crippen LogP contribution in [0.4, 0.5) is 8.78 Å². The minimum atomic E-state index is -0.431. The average Bonchev–Trinajstić information content (AvgIpc) is 2.36. The fourth-order valence-electron chi connectivity index (χ4n) is 2.06. The van der Waals surface area contributed by atoms with Crippen LogP contribution < -0.4 is 5.73 Å². The first kappa shape index (κ1) is 14.2. The number of hydrogen-bond acceptors (Lipinski definition) is 1. The van der Waals surface area contributed by atoms with E-state index in [0.717, 1.165) is 10.0 Å². The van der Waals surface area contributed by atoms with E-state index in [1.54, 1.807) is 18.2 Å². The van der Waals surface area contributed by atoms with E-state index in [0.29, 0.717) is 17.5 Å². The summed E-state index contributed by atoms with van der Waals surface area (Å²) in [5.41, 5.74) is 8.20. The molecule has 2 aromatic rings.